The van der Waals surface area contributed by atoms with Gasteiger partial charge in [0.2, 0.25) is 5.88 Å². The Morgan fingerprint density at radius 3 is 2.40 bits per heavy atom. The monoisotopic (exact) mass is 593 g/mol. The first-order chi connectivity index (χ1) is 20.9. The van der Waals surface area contributed by atoms with Crippen LogP contribution in [-0.2, 0) is 20.1 Å². The minimum atomic E-state index is -0.346. The minimum Gasteiger partial charge on any atom is -0.494 e. The van der Waals surface area contributed by atoms with E-state index in [0.29, 0.717) is 39.9 Å². The molecule has 4 aromatic carbocycles. The molecule has 4 N–H and O–H groups in total. The van der Waals surface area contributed by atoms with Crippen molar-refractivity contribution in [2.24, 2.45) is 7.05 Å². The number of anilines is 2. The van der Waals surface area contributed by atoms with E-state index in [1.165, 1.54) is 0 Å². The molecule has 0 aliphatic rings. The number of aromatic hydroxyl groups is 1. The molecule has 0 saturated heterocycles. The Labute approximate surface area is 250 Å². The summed E-state index contributed by atoms with van der Waals surface area (Å²) in [4.78, 5) is 31.2. The zero-order valence-corrected chi connectivity index (χ0v) is 23.9. The summed E-state index contributed by atoms with van der Waals surface area (Å²) in [5, 5.41) is 15.4. The van der Waals surface area contributed by atoms with Gasteiger partial charge in [0.25, 0.3) is 0 Å². The Balaban J connectivity index is 1.08. The molecule has 0 atom stereocenters. The van der Waals surface area contributed by atoms with Crippen LogP contribution in [0.25, 0.3) is 11.0 Å². The summed E-state index contributed by atoms with van der Waals surface area (Å²) in [6.07, 6.45) is 0.453. The van der Waals surface area contributed by atoms with Gasteiger partial charge in [0.15, 0.2) is 0 Å². The molecule has 43 heavy (non-hydrogen) atoms. The Hall–Kier alpha value is -5.55. The molecule has 0 aliphatic carbocycles. The number of carbonyl (C=O) groups excluding carboxylic acids is 1. The van der Waals surface area contributed by atoms with Crippen LogP contribution in [-0.4, -0.2) is 25.7 Å². The number of aromatic amines is 1. The van der Waals surface area contributed by atoms with Crippen LogP contribution in [0, 0.1) is 0 Å². The third-order valence-electron chi connectivity index (χ3n) is 6.66. The molecule has 0 aliphatic heterocycles. The molecular weight excluding hydrogens is 566 g/mol. The number of nitrogens with zero attached hydrogens (tertiary/aromatic N) is 2. The molecule has 2 heterocycles. The topological polar surface area (TPSA) is 130 Å². The predicted molar refractivity (Wildman–Crippen MR) is 166 cm³/mol. The molecule has 0 radical (unpaired) electrons. The number of H-pyrrole nitrogens is 1. The van der Waals surface area contributed by atoms with E-state index in [1.54, 1.807) is 12.1 Å². The molecule has 6 rings (SSSR count). The highest BCUT2D eigenvalue weighted by atomic mass is 32.1. The van der Waals surface area contributed by atoms with Gasteiger partial charge in [-0.15, -0.1) is 0 Å². The van der Waals surface area contributed by atoms with Gasteiger partial charge in [0.1, 0.15) is 29.7 Å². The van der Waals surface area contributed by atoms with Crippen LogP contribution in [0.2, 0.25) is 0 Å². The summed E-state index contributed by atoms with van der Waals surface area (Å²) in [5.41, 5.74) is 3.94. The first kappa shape index (κ1) is 27.6. The van der Waals surface area contributed by atoms with E-state index in [0.717, 1.165) is 33.8 Å². The quantitative estimate of drug-likeness (QED) is 0.149. The van der Waals surface area contributed by atoms with Gasteiger partial charge in [0.05, 0.1) is 15.9 Å². The zero-order valence-electron chi connectivity index (χ0n) is 23.0. The van der Waals surface area contributed by atoms with Crippen molar-refractivity contribution in [3.63, 3.8) is 0 Å². The minimum absolute atomic E-state index is 0.0835. The highest BCUT2D eigenvalue weighted by Gasteiger charge is 2.12. The number of imidazole rings is 1. The molecule has 2 aromatic heterocycles. The number of aromatic nitrogens is 3. The number of rotatable bonds is 9. The molecule has 0 bridgehead atoms. The van der Waals surface area contributed by atoms with Gasteiger partial charge < -0.3 is 29.8 Å². The predicted octanol–water partition coefficient (Wildman–Crippen LogP) is 6.63. The lowest BCUT2D eigenvalue weighted by atomic mass is 10.1. The Kier molecular flexibility index (Phi) is 7.79. The van der Waals surface area contributed by atoms with E-state index in [-0.39, 0.29) is 23.4 Å². The molecule has 2 amide bonds. The lowest BCUT2D eigenvalue weighted by Crippen LogP contribution is -2.19. The van der Waals surface area contributed by atoms with Gasteiger partial charge in [-0.3, -0.25) is 9.78 Å². The summed E-state index contributed by atoms with van der Waals surface area (Å²) in [5.74, 6) is 2.54. The highest BCUT2D eigenvalue weighted by Crippen LogP contribution is 2.28. The van der Waals surface area contributed by atoms with Crippen molar-refractivity contribution in [2.75, 3.05) is 10.6 Å². The largest absolute Gasteiger partial charge is 0.494 e. The smallest absolute Gasteiger partial charge is 0.323 e. The second-order valence-electron chi connectivity index (χ2n) is 9.71. The first-order valence-corrected chi connectivity index (χ1v) is 14.2. The Bertz CT molecular complexity index is 1950. The van der Waals surface area contributed by atoms with Crippen molar-refractivity contribution in [1.82, 2.24) is 14.5 Å². The molecule has 6 aromatic rings. The van der Waals surface area contributed by atoms with Crippen LogP contribution in [0.3, 0.4) is 0 Å². The summed E-state index contributed by atoms with van der Waals surface area (Å²) in [6.45, 7) is 0.264. The van der Waals surface area contributed by atoms with Crippen molar-refractivity contribution in [3.05, 3.63) is 123 Å². The maximum Gasteiger partial charge on any atom is 0.323 e. The molecule has 11 heteroatoms. The van der Waals surface area contributed by atoms with Crippen LogP contribution in [0.4, 0.5) is 16.2 Å². The van der Waals surface area contributed by atoms with Gasteiger partial charge in [0, 0.05) is 37.0 Å². The van der Waals surface area contributed by atoms with Crippen LogP contribution in [0.1, 0.15) is 16.3 Å². The number of carbonyl (C=O) groups is 1. The number of hydrogen-bond acceptors (Lipinski definition) is 7. The molecular formula is C32H27N5O5S. The fourth-order valence-corrected chi connectivity index (χ4v) is 5.27. The zero-order chi connectivity index (χ0) is 29.8. The number of benzene rings is 4. The summed E-state index contributed by atoms with van der Waals surface area (Å²) in [7, 11) is 1.92. The van der Waals surface area contributed by atoms with Gasteiger partial charge in [-0.1, -0.05) is 47.7 Å². The standard InChI is InChI=1S/C32H27N5O5S/c1-37-27-18-25(42-24-9-5-8-22(17-24)34-31(39)33-21-6-3-2-4-7-21)14-15-26(27)35-29(37)19-41-23-12-10-20(11-13-23)16-28-30(38)36-32(40)43-28/h2-15,17-18,38H,16,19H2,1H3,(H,36,40)(H2,33,34,39). The fraction of sp³-hybridized carbons (Fsp3) is 0.0938. The van der Waals surface area contributed by atoms with Crippen molar-refractivity contribution in [3.8, 4) is 23.1 Å². The van der Waals surface area contributed by atoms with Crippen LogP contribution in [0.5, 0.6) is 23.1 Å². The number of nitrogens with one attached hydrogen (secondary N) is 3. The average molecular weight is 594 g/mol. The second kappa shape index (κ2) is 12.1. The number of aryl methyl sites for hydroxylation is 1. The maximum absolute atomic E-state index is 12.4. The SMILES string of the molecule is Cn1c(COc2ccc(Cc3sc(=O)[nH]c3O)cc2)nc2ccc(Oc3cccc(NC(=O)Nc4ccccc4)c3)cc21. The lowest BCUT2D eigenvalue weighted by Gasteiger charge is -2.10. The van der Waals surface area contributed by atoms with E-state index in [1.807, 2.05) is 96.5 Å². The molecule has 0 fully saturated rings. The molecule has 10 nitrogen and oxygen atoms in total. The number of thiazole rings is 1. The first-order valence-electron chi connectivity index (χ1n) is 13.4. The molecule has 0 saturated carbocycles. The summed E-state index contributed by atoms with van der Waals surface area (Å²) < 4.78 is 14.0. The highest BCUT2D eigenvalue weighted by molar-refractivity contribution is 7.09. The normalized spacial score (nSPS) is 10.9. The van der Waals surface area contributed by atoms with Crippen molar-refractivity contribution >= 4 is 39.8 Å². The van der Waals surface area contributed by atoms with E-state index < -0.39 is 0 Å². The van der Waals surface area contributed by atoms with Crippen LogP contribution >= 0.6 is 11.3 Å². The van der Waals surface area contributed by atoms with Crippen molar-refractivity contribution in [1.29, 1.82) is 0 Å². The molecule has 0 unspecified atom stereocenters. The summed E-state index contributed by atoms with van der Waals surface area (Å²) >= 11 is 0.999. The summed E-state index contributed by atoms with van der Waals surface area (Å²) in [6, 6.07) is 29.2. The van der Waals surface area contributed by atoms with E-state index in [9.17, 15) is 14.7 Å². The van der Waals surface area contributed by atoms with Crippen LogP contribution in [0.15, 0.2) is 102 Å². The molecule has 0 spiro atoms. The van der Waals surface area contributed by atoms with Gasteiger partial charge >= 0.3 is 10.9 Å². The third-order valence-corrected chi connectivity index (χ3v) is 7.53. The van der Waals surface area contributed by atoms with E-state index in [4.69, 9.17) is 14.5 Å². The van der Waals surface area contributed by atoms with Gasteiger partial charge in [-0.05, 0) is 54.1 Å². The Morgan fingerprint density at radius 2 is 1.63 bits per heavy atom. The maximum atomic E-state index is 12.4. The van der Waals surface area contributed by atoms with E-state index >= 15 is 0 Å². The fourth-order valence-electron chi connectivity index (χ4n) is 4.51. The van der Waals surface area contributed by atoms with Gasteiger partial charge in [-0.2, -0.15) is 0 Å². The number of ether oxygens (including phenoxy) is 2. The number of urea groups is 1. The van der Waals surface area contributed by atoms with E-state index in [2.05, 4.69) is 15.6 Å². The molecule has 216 valence electrons. The third kappa shape index (κ3) is 6.68. The van der Waals surface area contributed by atoms with Crippen molar-refractivity contribution in [2.45, 2.75) is 13.0 Å². The average Bonchev–Trinajstić information content (AvgIpc) is 3.49. The second-order valence-corrected chi connectivity index (χ2v) is 10.8. The Morgan fingerprint density at radius 1 is 0.907 bits per heavy atom. The van der Waals surface area contributed by atoms with Crippen LogP contribution < -0.4 is 25.0 Å². The lowest BCUT2D eigenvalue weighted by molar-refractivity contribution is 0.262. The van der Waals surface area contributed by atoms with Gasteiger partial charge in [-0.25, -0.2) is 9.78 Å². The number of fused-ring (bicyclic) bond motifs is 1. The number of para-hydroxylation sites is 1. The number of hydrogen-bond donors (Lipinski definition) is 4. The number of amides is 2. The van der Waals surface area contributed by atoms with Crippen molar-refractivity contribution < 1.29 is 19.4 Å².